The maximum Gasteiger partial charge on any atom is 0.243 e. The van der Waals surface area contributed by atoms with Crippen LogP contribution in [-0.2, 0) is 14.8 Å². The highest BCUT2D eigenvalue weighted by Crippen LogP contribution is 2.32. The molecule has 1 N–H and O–H groups in total. The lowest BCUT2D eigenvalue weighted by atomic mass is 9.99. The van der Waals surface area contributed by atoms with Gasteiger partial charge in [0.25, 0.3) is 0 Å². The molecular formula is C26H28N2O6S. The predicted octanol–water partition coefficient (Wildman–Crippen LogP) is 4.54. The van der Waals surface area contributed by atoms with Gasteiger partial charge in [-0.2, -0.15) is 4.31 Å². The van der Waals surface area contributed by atoms with E-state index in [2.05, 4.69) is 5.32 Å². The molecule has 0 bridgehead atoms. The number of hydrogen-bond donors (Lipinski definition) is 1. The number of para-hydroxylation sites is 1. The number of hydrogen-bond acceptors (Lipinski definition) is 6. The van der Waals surface area contributed by atoms with Crippen molar-refractivity contribution in [1.29, 1.82) is 0 Å². The van der Waals surface area contributed by atoms with Crippen LogP contribution >= 0.6 is 0 Å². The first kappa shape index (κ1) is 24.6. The number of piperidine rings is 1. The molecule has 1 saturated heterocycles. The number of sulfonamides is 1. The highest BCUT2D eigenvalue weighted by atomic mass is 32.2. The normalized spacial score (nSPS) is 16.3. The van der Waals surface area contributed by atoms with Crippen molar-refractivity contribution in [1.82, 2.24) is 4.31 Å². The summed E-state index contributed by atoms with van der Waals surface area (Å²) >= 11 is 0. The van der Waals surface area contributed by atoms with Gasteiger partial charge in [0.15, 0.2) is 11.5 Å². The van der Waals surface area contributed by atoms with Crippen molar-refractivity contribution < 1.29 is 27.4 Å². The summed E-state index contributed by atoms with van der Waals surface area (Å²) in [6.07, 6.45) is 1.20. The van der Waals surface area contributed by atoms with E-state index in [1.807, 2.05) is 30.3 Å². The van der Waals surface area contributed by atoms with Gasteiger partial charge in [-0.15, -0.1) is 0 Å². The fourth-order valence-electron chi connectivity index (χ4n) is 3.98. The molecular weight excluding hydrogens is 468 g/mol. The molecule has 0 aliphatic carbocycles. The maximum absolute atomic E-state index is 13.3. The smallest absolute Gasteiger partial charge is 0.243 e. The third kappa shape index (κ3) is 5.75. The van der Waals surface area contributed by atoms with Crippen molar-refractivity contribution in [3.05, 3.63) is 72.8 Å². The Morgan fingerprint density at radius 2 is 1.60 bits per heavy atom. The highest BCUT2D eigenvalue weighted by molar-refractivity contribution is 7.89. The van der Waals surface area contributed by atoms with E-state index in [9.17, 15) is 13.2 Å². The minimum Gasteiger partial charge on any atom is -0.493 e. The SMILES string of the molecule is COc1ccc(S(=O)(=O)N2CCC[C@@H](C(=O)Nc3ccc(Oc4ccccc4)cc3)C2)cc1OC. The number of methoxy groups -OCH3 is 2. The van der Waals surface area contributed by atoms with Crippen LogP contribution in [0.25, 0.3) is 0 Å². The van der Waals surface area contributed by atoms with E-state index >= 15 is 0 Å². The molecule has 0 aromatic heterocycles. The number of rotatable bonds is 8. The van der Waals surface area contributed by atoms with Crippen LogP contribution in [0.5, 0.6) is 23.0 Å². The standard InChI is InChI=1S/C26H28N2O6S/c1-32-24-15-14-23(17-25(24)33-2)35(30,31)28-16-6-7-19(18-28)26(29)27-20-10-12-22(13-11-20)34-21-8-4-3-5-9-21/h3-5,8-15,17,19H,6-7,16,18H2,1-2H3,(H,27,29)/t19-/m1/s1. The van der Waals surface area contributed by atoms with Crippen molar-refractivity contribution in [2.75, 3.05) is 32.6 Å². The Labute approximate surface area is 205 Å². The second-order valence-electron chi connectivity index (χ2n) is 8.15. The Morgan fingerprint density at radius 3 is 2.29 bits per heavy atom. The molecule has 184 valence electrons. The summed E-state index contributed by atoms with van der Waals surface area (Å²) in [6, 6.07) is 21.0. The number of carbonyl (C=O) groups is 1. The van der Waals surface area contributed by atoms with Gasteiger partial charge in [0.05, 0.1) is 25.0 Å². The molecule has 0 unspecified atom stereocenters. The van der Waals surface area contributed by atoms with E-state index in [1.54, 1.807) is 30.3 Å². The van der Waals surface area contributed by atoms with Crippen LogP contribution in [0, 0.1) is 5.92 Å². The number of anilines is 1. The minimum absolute atomic E-state index is 0.102. The molecule has 1 heterocycles. The first-order valence-electron chi connectivity index (χ1n) is 11.3. The van der Waals surface area contributed by atoms with Crippen molar-refractivity contribution in [2.45, 2.75) is 17.7 Å². The predicted molar refractivity (Wildman–Crippen MR) is 133 cm³/mol. The van der Waals surface area contributed by atoms with Crippen LogP contribution in [0.4, 0.5) is 5.69 Å². The lowest BCUT2D eigenvalue weighted by molar-refractivity contribution is -0.120. The van der Waals surface area contributed by atoms with E-state index in [4.69, 9.17) is 14.2 Å². The first-order chi connectivity index (χ1) is 16.9. The summed E-state index contributed by atoms with van der Waals surface area (Å²) in [5.74, 6) is 1.48. The fraction of sp³-hybridized carbons (Fsp3) is 0.269. The summed E-state index contributed by atoms with van der Waals surface area (Å²) in [5, 5.41) is 2.90. The lowest BCUT2D eigenvalue weighted by Crippen LogP contribution is -2.43. The van der Waals surface area contributed by atoms with Gasteiger partial charge in [0, 0.05) is 24.8 Å². The summed E-state index contributed by atoms with van der Waals surface area (Å²) in [6.45, 7) is 0.462. The molecule has 8 nitrogen and oxygen atoms in total. The van der Waals surface area contributed by atoms with E-state index in [1.165, 1.54) is 30.7 Å². The Bertz CT molecular complexity index is 1260. The molecule has 9 heteroatoms. The lowest BCUT2D eigenvalue weighted by Gasteiger charge is -2.31. The van der Waals surface area contributed by atoms with Crippen molar-refractivity contribution in [3.63, 3.8) is 0 Å². The van der Waals surface area contributed by atoms with Gasteiger partial charge in [-0.3, -0.25) is 4.79 Å². The van der Waals surface area contributed by atoms with Crippen LogP contribution in [0.1, 0.15) is 12.8 Å². The molecule has 1 atom stereocenters. The van der Waals surface area contributed by atoms with E-state index in [0.717, 1.165) is 5.75 Å². The van der Waals surface area contributed by atoms with E-state index in [0.29, 0.717) is 42.3 Å². The Hall–Kier alpha value is -3.56. The monoisotopic (exact) mass is 496 g/mol. The highest BCUT2D eigenvalue weighted by Gasteiger charge is 2.33. The quantitative estimate of drug-likeness (QED) is 0.492. The fourth-order valence-corrected chi connectivity index (χ4v) is 5.52. The van der Waals surface area contributed by atoms with Crippen molar-refractivity contribution in [2.24, 2.45) is 5.92 Å². The zero-order chi connectivity index (χ0) is 24.8. The Balaban J connectivity index is 1.41. The maximum atomic E-state index is 13.3. The molecule has 1 amide bonds. The molecule has 1 aliphatic heterocycles. The largest absolute Gasteiger partial charge is 0.493 e. The zero-order valence-electron chi connectivity index (χ0n) is 19.6. The van der Waals surface area contributed by atoms with Crippen molar-refractivity contribution in [3.8, 4) is 23.0 Å². The summed E-state index contributed by atoms with van der Waals surface area (Å²) in [4.78, 5) is 13.0. The Morgan fingerprint density at radius 1 is 0.914 bits per heavy atom. The second-order valence-corrected chi connectivity index (χ2v) is 10.1. The van der Waals surface area contributed by atoms with Gasteiger partial charge in [0.1, 0.15) is 11.5 Å². The summed E-state index contributed by atoms with van der Waals surface area (Å²) in [7, 11) is -0.849. The number of nitrogens with zero attached hydrogens (tertiary/aromatic N) is 1. The van der Waals surface area contributed by atoms with Gasteiger partial charge in [-0.1, -0.05) is 18.2 Å². The molecule has 1 fully saturated rings. The average Bonchev–Trinajstić information content (AvgIpc) is 2.90. The second kappa shape index (κ2) is 10.8. The van der Waals surface area contributed by atoms with E-state index < -0.39 is 15.9 Å². The van der Waals surface area contributed by atoms with Gasteiger partial charge >= 0.3 is 0 Å². The van der Waals surface area contributed by atoms with Crippen LogP contribution in [0.15, 0.2) is 77.7 Å². The average molecular weight is 497 g/mol. The third-order valence-corrected chi connectivity index (χ3v) is 7.71. The third-order valence-electron chi connectivity index (χ3n) is 5.85. The van der Waals surface area contributed by atoms with Gasteiger partial charge in [0.2, 0.25) is 15.9 Å². The first-order valence-corrected chi connectivity index (χ1v) is 12.7. The number of amides is 1. The number of ether oxygens (including phenoxy) is 3. The van der Waals surface area contributed by atoms with Gasteiger partial charge < -0.3 is 19.5 Å². The van der Waals surface area contributed by atoms with Crippen LogP contribution in [0.2, 0.25) is 0 Å². The molecule has 3 aromatic rings. The zero-order valence-corrected chi connectivity index (χ0v) is 20.5. The topological polar surface area (TPSA) is 94.2 Å². The molecule has 0 saturated carbocycles. The van der Waals surface area contributed by atoms with Gasteiger partial charge in [-0.05, 0) is 61.4 Å². The van der Waals surface area contributed by atoms with Crippen LogP contribution in [0.3, 0.4) is 0 Å². The number of nitrogens with one attached hydrogen (secondary N) is 1. The minimum atomic E-state index is -3.79. The summed E-state index contributed by atoms with van der Waals surface area (Å²) < 4.78 is 44.1. The van der Waals surface area contributed by atoms with Gasteiger partial charge in [-0.25, -0.2) is 8.42 Å². The molecule has 0 radical (unpaired) electrons. The number of benzene rings is 3. The molecule has 1 aliphatic rings. The molecule has 4 rings (SSSR count). The molecule has 35 heavy (non-hydrogen) atoms. The molecule has 0 spiro atoms. The Kier molecular flexibility index (Phi) is 7.57. The van der Waals surface area contributed by atoms with E-state index in [-0.39, 0.29) is 17.3 Å². The van der Waals surface area contributed by atoms with Crippen LogP contribution in [-0.4, -0.2) is 45.9 Å². The molecule has 3 aromatic carbocycles. The number of carbonyl (C=O) groups excluding carboxylic acids is 1. The van der Waals surface area contributed by atoms with Crippen LogP contribution < -0.4 is 19.5 Å². The van der Waals surface area contributed by atoms with Crippen molar-refractivity contribution >= 4 is 21.6 Å². The summed E-state index contributed by atoms with van der Waals surface area (Å²) in [5.41, 5.74) is 0.621.